The number of piperidine rings is 1. The molecule has 1 saturated heterocycles. The van der Waals surface area contributed by atoms with E-state index in [1.807, 2.05) is 25.7 Å². The van der Waals surface area contributed by atoms with Crippen LogP contribution in [0.1, 0.15) is 47.5 Å². The van der Waals surface area contributed by atoms with Crippen LogP contribution in [0.25, 0.3) is 0 Å². The van der Waals surface area contributed by atoms with E-state index in [9.17, 15) is 4.79 Å². The zero-order chi connectivity index (χ0) is 13.2. The number of rotatable bonds is 2. The molecular formula is C14H29ClN2O. The molecule has 0 aromatic rings. The second-order valence-corrected chi connectivity index (χ2v) is 6.75. The first kappa shape index (κ1) is 17.7. The van der Waals surface area contributed by atoms with Gasteiger partial charge in [-0.2, -0.15) is 0 Å². The summed E-state index contributed by atoms with van der Waals surface area (Å²) in [5, 5.41) is 0. The Kier molecular flexibility index (Phi) is 6.66. The molecule has 0 unspecified atom stereocenters. The minimum absolute atomic E-state index is 0. The van der Waals surface area contributed by atoms with Crippen LogP contribution in [0.15, 0.2) is 0 Å². The third kappa shape index (κ3) is 4.43. The standard InChI is InChI=1S/C14H28N2O.ClH/c1-10(2)11-6-8-16(9-7-11)13(17)12(15)14(3,4)5;/h10-12H,6-9,15H2,1-5H3;1H/t12-;/m1./s1. The van der Waals surface area contributed by atoms with Crippen molar-refractivity contribution >= 4 is 18.3 Å². The van der Waals surface area contributed by atoms with Gasteiger partial charge < -0.3 is 10.6 Å². The summed E-state index contributed by atoms with van der Waals surface area (Å²) in [6, 6.07) is -0.377. The molecule has 0 saturated carbocycles. The summed E-state index contributed by atoms with van der Waals surface area (Å²) in [5.74, 6) is 1.62. The molecule has 1 atom stereocenters. The fourth-order valence-electron chi connectivity index (χ4n) is 2.35. The molecule has 0 bridgehead atoms. The Balaban J connectivity index is 0.00000289. The summed E-state index contributed by atoms with van der Waals surface area (Å²) in [7, 11) is 0. The molecule has 0 aromatic heterocycles. The Bertz CT molecular complexity index is 265. The highest BCUT2D eigenvalue weighted by Gasteiger charge is 2.33. The van der Waals surface area contributed by atoms with Gasteiger partial charge in [-0.15, -0.1) is 12.4 Å². The van der Waals surface area contributed by atoms with Crippen molar-refractivity contribution in [2.24, 2.45) is 23.0 Å². The lowest BCUT2D eigenvalue weighted by Gasteiger charge is -2.37. The monoisotopic (exact) mass is 276 g/mol. The molecule has 1 fully saturated rings. The molecule has 4 heteroatoms. The summed E-state index contributed by atoms with van der Waals surface area (Å²) < 4.78 is 0. The number of hydrogen-bond donors (Lipinski definition) is 1. The molecule has 0 aliphatic carbocycles. The smallest absolute Gasteiger partial charge is 0.240 e. The molecule has 3 nitrogen and oxygen atoms in total. The van der Waals surface area contributed by atoms with Crippen LogP contribution in [-0.4, -0.2) is 29.9 Å². The number of likely N-dealkylation sites (tertiary alicyclic amines) is 1. The number of amides is 1. The van der Waals surface area contributed by atoms with E-state index >= 15 is 0 Å². The van der Waals surface area contributed by atoms with Crippen LogP contribution in [-0.2, 0) is 4.79 Å². The fraction of sp³-hybridized carbons (Fsp3) is 0.929. The highest BCUT2D eigenvalue weighted by molar-refractivity contribution is 5.85. The van der Waals surface area contributed by atoms with E-state index in [0.717, 1.165) is 37.8 Å². The van der Waals surface area contributed by atoms with Gasteiger partial charge in [0.1, 0.15) is 0 Å². The SMILES string of the molecule is CC(C)C1CCN(C(=O)[C@@H](N)C(C)(C)C)CC1.Cl. The van der Waals surface area contributed by atoms with Gasteiger partial charge >= 0.3 is 0 Å². The van der Waals surface area contributed by atoms with Gasteiger partial charge in [0.05, 0.1) is 6.04 Å². The molecule has 1 aliphatic rings. The van der Waals surface area contributed by atoms with Crippen LogP contribution < -0.4 is 5.73 Å². The minimum Gasteiger partial charge on any atom is -0.341 e. The highest BCUT2D eigenvalue weighted by Crippen LogP contribution is 2.26. The Hall–Kier alpha value is -0.280. The normalized spacial score (nSPS) is 19.6. The van der Waals surface area contributed by atoms with Crippen molar-refractivity contribution in [1.82, 2.24) is 4.90 Å². The number of hydrogen-bond acceptors (Lipinski definition) is 2. The predicted molar refractivity (Wildman–Crippen MR) is 78.8 cm³/mol. The molecule has 18 heavy (non-hydrogen) atoms. The molecule has 0 aromatic carbocycles. The molecule has 108 valence electrons. The summed E-state index contributed by atoms with van der Waals surface area (Å²) >= 11 is 0. The second kappa shape index (κ2) is 6.76. The van der Waals surface area contributed by atoms with Crippen molar-refractivity contribution in [3.8, 4) is 0 Å². The van der Waals surface area contributed by atoms with Crippen molar-refractivity contribution in [2.45, 2.75) is 53.5 Å². The first-order valence-electron chi connectivity index (χ1n) is 6.78. The average molecular weight is 277 g/mol. The Labute approximate surface area is 118 Å². The molecular weight excluding hydrogens is 248 g/mol. The van der Waals surface area contributed by atoms with E-state index in [4.69, 9.17) is 5.73 Å². The lowest BCUT2D eigenvalue weighted by molar-refractivity contribution is -0.136. The van der Waals surface area contributed by atoms with Gasteiger partial charge in [0.2, 0.25) is 5.91 Å². The first-order valence-corrected chi connectivity index (χ1v) is 6.78. The van der Waals surface area contributed by atoms with Gasteiger partial charge in [0, 0.05) is 13.1 Å². The number of nitrogens with zero attached hydrogens (tertiary/aromatic N) is 1. The Morgan fingerprint density at radius 1 is 1.22 bits per heavy atom. The van der Waals surface area contributed by atoms with E-state index in [-0.39, 0.29) is 29.8 Å². The zero-order valence-electron chi connectivity index (χ0n) is 12.4. The predicted octanol–water partition coefficient (Wildman–Crippen LogP) is 2.68. The minimum atomic E-state index is -0.377. The topological polar surface area (TPSA) is 46.3 Å². The lowest BCUT2D eigenvalue weighted by Crippen LogP contribution is -2.52. The van der Waals surface area contributed by atoms with E-state index in [1.54, 1.807) is 0 Å². The molecule has 1 aliphatic heterocycles. The maximum atomic E-state index is 12.2. The summed E-state index contributed by atoms with van der Waals surface area (Å²) in [4.78, 5) is 14.2. The van der Waals surface area contributed by atoms with Crippen molar-refractivity contribution in [3.05, 3.63) is 0 Å². The Morgan fingerprint density at radius 2 is 1.67 bits per heavy atom. The van der Waals surface area contributed by atoms with E-state index in [1.165, 1.54) is 0 Å². The molecule has 1 amide bonds. The lowest BCUT2D eigenvalue weighted by atomic mass is 9.84. The van der Waals surface area contributed by atoms with Gasteiger partial charge in [0.15, 0.2) is 0 Å². The maximum Gasteiger partial charge on any atom is 0.240 e. The maximum absolute atomic E-state index is 12.2. The van der Waals surface area contributed by atoms with E-state index in [0.29, 0.717) is 0 Å². The van der Waals surface area contributed by atoms with E-state index < -0.39 is 0 Å². The summed E-state index contributed by atoms with van der Waals surface area (Å²) in [6.45, 7) is 12.4. The number of carbonyl (C=O) groups excluding carboxylic acids is 1. The van der Waals surface area contributed by atoms with Crippen LogP contribution in [0.3, 0.4) is 0 Å². The van der Waals surface area contributed by atoms with Gasteiger partial charge in [-0.3, -0.25) is 4.79 Å². The van der Waals surface area contributed by atoms with Crippen molar-refractivity contribution in [3.63, 3.8) is 0 Å². The zero-order valence-corrected chi connectivity index (χ0v) is 13.2. The fourth-order valence-corrected chi connectivity index (χ4v) is 2.35. The molecule has 0 radical (unpaired) electrons. The van der Waals surface area contributed by atoms with Gasteiger partial charge in [-0.05, 0) is 30.1 Å². The van der Waals surface area contributed by atoms with Crippen LogP contribution in [0.5, 0.6) is 0 Å². The Morgan fingerprint density at radius 3 is 2.00 bits per heavy atom. The molecule has 1 heterocycles. The van der Waals surface area contributed by atoms with Gasteiger partial charge in [0.25, 0.3) is 0 Å². The van der Waals surface area contributed by atoms with Crippen molar-refractivity contribution in [1.29, 1.82) is 0 Å². The third-order valence-electron chi connectivity index (χ3n) is 3.99. The van der Waals surface area contributed by atoms with Crippen LogP contribution in [0.4, 0.5) is 0 Å². The summed E-state index contributed by atoms with van der Waals surface area (Å²) in [6.07, 6.45) is 2.25. The molecule has 2 N–H and O–H groups in total. The van der Waals surface area contributed by atoms with Crippen molar-refractivity contribution in [2.75, 3.05) is 13.1 Å². The van der Waals surface area contributed by atoms with Crippen molar-refractivity contribution < 1.29 is 4.79 Å². The molecule has 1 rings (SSSR count). The third-order valence-corrected chi connectivity index (χ3v) is 3.99. The summed E-state index contributed by atoms with van der Waals surface area (Å²) in [5.41, 5.74) is 5.88. The number of halogens is 1. The highest BCUT2D eigenvalue weighted by atomic mass is 35.5. The largest absolute Gasteiger partial charge is 0.341 e. The second-order valence-electron chi connectivity index (χ2n) is 6.75. The van der Waals surface area contributed by atoms with Gasteiger partial charge in [-0.25, -0.2) is 0 Å². The van der Waals surface area contributed by atoms with Crippen LogP contribution >= 0.6 is 12.4 Å². The van der Waals surface area contributed by atoms with Gasteiger partial charge in [-0.1, -0.05) is 34.6 Å². The van der Waals surface area contributed by atoms with Crippen LogP contribution in [0.2, 0.25) is 0 Å². The number of carbonyl (C=O) groups is 1. The first-order chi connectivity index (χ1) is 7.73. The average Bonchev–Trinajstić information content (AvgIpc) is 2.26. The number of nitrogens with two attached hydrogens (primary N) is 1. The quantitative estimate of drug-likeness (QED) is 0.843. The molecule has 0 spiro atoms. The van der Waals surface area contributed by atoms with Crippen LogP contribution in [0, 0.1) is 17.3 Å². The van der Waals surface area contributed by atoms with E-state index in [2.05, 4.69) is 13.8 Å².